The van der Waals surface area contributed by atoms with Crippen molar-refractivity contribution < 1.29 is 9.18 Å². The van der Waals surface area contributed by atoms with Gasteiger partial charge in [0.2, 0.25) is 0 Å². The molecule has 0 heterocycles. The summed E-state index contributed by atoms with van der Waals surface area (Å²) in [6, 6.07) is 0. The van der Waals surface area contributed by atoms with Gasteiger partial charge in [0.25, 0.3) is 0 Å². The van der Waals surface area contributed by atoms with Crippen molar-refractivity contribution in [3.63, 3.8) is 0 Å². The number of hydrogen-bond donors (Lipinski definition) is 0. The zero-order chi connectivity index (χ0) is 18.9. The van der Waals surface area contributed by atoms with E-state index in [9.17, 15) is 9.18 Å². The Kier molecular flexibility index (Phi) is 10.8. The average Bonchev–Trinajstić information content (AvgIpc) is 2.55. The Labute approximate surface area is 149 Å². The fourth-order valence-electron chi connectivity index (χ4n) is 2.58. The van der Waals surface area contributed by atoms with E-state index in [2.05, 4.69) is 47.8 Å². The lowest BCUT2D eigenvalue weighted by Crippen LogP contribution is -2.11. The zero-order valence-electron chi connectivity index (χ0n) is 16.6. The van der Waals surface area contributed by atoms with Crippen LogP contribution in [-0.4, -0.2) is 5.78 Å². The molecule has 0 saturated heterocycles. The van der Waals surface area contributed by atoms with Crippen LogP contribution in [0.25, 0.3) is 0 Å². The summed E-state index contributed by atoms with van der Waals surface area (Å²) in [6.45, 7) is 20.0. The topological polar surface area (TPSA) is 17.1 Å². The Morgan fingerprint density at radius 3 is 1.96 bits per heavy atom. The Bertz CT molecular complexity index is 461. The highest BCUT2D eigenvalue weighted by molar-refractivity contribution is 5.96. The van der Waals surface area contributed by atoms with Crippen LogP contribution in [0, 0.1) is 23.7 Å². The highest BCUT2D eigenvalue weighted by Crippen LogP contribution is 2.28. The van der Waals surface area contributed by atoms with Gasteiger partial charge in [-0.1, -0.05) is 67.0 Å². The summed E-state index contributed by atoms with van der Waals surface area (Å²) in [5, 5.41) is 0. The van der Waals surface area contributed by atoms with Crippen molar-refractivity contribution in [2.45, 2.75) is 73.6 Å². The summed E-state index contributed by atoms with van der Waals surface area (Å²) in [4.78, 5) is 11.1. The second-order valence-electron chi connectivity index (χ2n) is 7.63. The summed E-state index contributed by atoms with van der Waals surface area (Å²) in [5.74, 6) is 1.48. The quantitative estimate of drug-likeness (QED) is 0.275. The van der Waals surface area contributed by atoms with Gasteiger partial charge >= 0.3 is 0 Å². The van der Waals surface area contributed by atoms with Crippen molar-refractivity contribution >= 4 is 5.78 Å². The molecule has 0 aromatic rings. The van der Waals surface area contributed by atoms with Crippen molar-refractivity contribution in [3.05, 3.63) is 36.2 Å². The van der Waals surface area contributed by atoms with E-state index in [1.807, 2.05) is 0 Å². The molecule has 4 atom stereocenters. The lowest BCUT2D eigenvalue weighted by molar-refractivity contribution is -0.113. The number of carbonyl (C=O) groups excluding carboxylic acids is 1. The molecule has 2 heteroatoms. The van der Waals surface area contributed by atoms with Crippen LogP contribution in [0.1, 0.15) is 73.6 Å². The molecule has 1 nitrogen and oxygen atoms in total. The third-order valence-corrected chi connectivity index (χ3v) is 5.50. The van der Waals surface area contributed by atoms with Crippen molar-refractivity contribution in [2.75, 3.05) is 0 Å². The molecule has 4 unspecified atom stereocenters. The highest BCUT2D eigenvalue weighted by Gasteiger charge is 2.16. The average molecular weight is 337 g/mol. The van der Waals surface area contributed by atoms with Crippen LogP contribution in [0.15, 0.2) is 36.2 Å². The molecule has 0 amide bonds. The number of rotatable bonds is 12. The molecule has 0 bridgehead atoms. The molecule has 0 N–H and O–H groups in total. The van der Waals surface area contributed by atoms with Crippen LogP contribution in [0.2, 0.25) is 0 Å². The number of halogens is 1. The van der Waals surface area contributed by atoms with Crippen LogP contribution >= 0.6 is 0 Å². The first-order valence-electron chi connectivity index (χ1n) is 9.36. The number of hydrogen-bond acceptors (Lipinski definition) is 1. The van der Waals surface area contributed by atoms with Crippen molar-refractivity contribution in [2.24, 2.45) is 23.7 Å². The smallest absolute Gasteiger partial charge is 0.162 e. The second kappa shape index (κ2) is 11.4. The van der Waals surface area contributed by atoms with E-state index < -0.39 is 5.83 Å². The lowest BCUT2D eigenvalue weighted by Gasteiger charge is -2.23. The van der Waals surface area contributed by atoms with Crippen LogP contribution in [-0.2, 0) is 4.79 Å². The fourth-order valence-corrected chi connectivity index (χ4v) is 2.58. The van der Waals surface area contributed by atoms with Gasteiger partial charge in [0, 0.05) is 5.57 Å². The third kappa shape index (κ3) is 8.61. The number of Topliss-reactive ketones (excluding diaryl/α,β-unsaturated/α-hetero) is 1. The van der Waals surface area contributed by atoms with E-state index in [-0.39, 0.29) is 17.3 Å². The van der Waals surface area contributed by atoms with E-state index in [1.165, 1.54) is 32.3 Å². The minimum Gasteiger partial charge on any atom is -0.294 e. The molecule has 0 spiro atoms. The molecule has 0 fully saturated rings. The SMILES string of the molecule is C=C(C(C)=O)/C(F)=C\C(=C)C(C)CCC(C)C(C)CCC(C)CC. The molecule has 0 aliphatic carbocycles. The van der Waals surface area contributed by atoms with Gasteiger partial charge in [0.05, 0.1) is 0 Å². The first-order chi connectivity index (χ1) is 11.1. The van der Waals surface area contributed by atoms with Crippen LogP contribution in [0.5, 0.6) is 0 Å². The minimum atomic E-state index is -0.561. The lowest BCUT2D eigenvalue weighted by atomic mass is 9.83. The van der Waals surface area contributed by atoms with Gasteiger partial charge in [0.15, 0.2) is 5.78 Å². The number of allylic oxidation sites excluding steroid dienone is 4. The summed E-state index contributed by atoms with van der Waals surface area (Å²) < 4.78 is 13.9. The van der Waals surface area contributed by atoms with Crippen molar-refractivity contribution in [3.8, 4) is 0 Å². The predicted molar refractivity (Wildman–Crippen MR) is 104 cm³/mol. The van der Waals surface area contributed by atoms with Gasteiger partial charge < -0.3 is 0 Å². The Balaban J connectivity index is 4.39. The molecule has 0 aromatic heterocycles. The number of carbonyl (C=O) groups is 1. The molecule has 24 heavy (non-hydrogen) atoms. The third-order valence-electron chi connectivity index (χ3n) is 5.50. The van der Waals surface area contributed by atoms with E-state index >= 15 is 0 Å². The largest absolute Gasteiger partial charge is 0.294 e. The van der Waals surface area contributed by atoms with Gasteiger partial charge in [-0.15, -0.1) is 0 Å². The van der Waals surface area contributed by atoms with Crippen molar-refractivity contribution in [1.29, 1.82) is 0 Å². The minimum absolute atomic E-state index is 0.0737. The van der Waals surface area contributed by atoms with E-state index in [0.29, 0.717) is 11.8 Å². The number of ketones is 1. The maximum Gasteiger partial charge on any atom is 0.162 e. The van der Waals surface area contributed by atoms with Crippen LogP contribution < -0.4 is 0 Å². The fraction of sp³-hybridized carbons (Fsp3) is 0.682. The molecule has 0 aromatic carbocycles. The summed E-state index contributed by atoms with van der Waals surface area (Å²) >= 11 is 0. The summed E-state index contributed by atoms with van der Waals surface area (Å²) in [6.07, 6.45) is 7.30. The monoisotopic (exact) mass is 336 g/mol. The van der Waals surface area contributed by atoms with E-state index in [4.69, 9.17) is 0 Å². The molecule has 138 valence electrons. The molecule has 0 rings (SSSR count). The van der Waals surface area contributed by atoms with Gasteiger partial charge in [-0.3, -0.25) is 4.79 Å². The zero-order valence-corrected chi connectivity index (χ0v) is 16.6. The Hall–Kier alpha value is -1.18. The molecule has 0 aliphatic heterocycles. The molecule has 0 saturated carbocycles. The highest BCUT2D eigenvalue weighted by atomic mass is 19.1. The van der Waals surface area contributed by atoms with E-state index in [1.54, 1.807) is 0 Å². The molecular formula is C22H37FO. The first-order valence-corrected chi connectivity index (χ1v) is 9.36. The Morgan fingerprint density at radius 1 is 1.00 bits per heavy atom. The van der Waals surface area contributed by atoms with E-state index in [0.717, 1.165) is 24.3 Å². The van der Waals surface area contributed by atoms with Crippen molar-refractivity contribution in [1.82, 2.24) is 0 Å². The van der Waals surface area contributed by atoms with Crippen LogP contribution in [0.3, 0.4) is 0 Å². The first kappa shape index (κ1) is 22.8. The van der Waals surface area contributed by atoms with Gasteiger partial charge in [-0.2, -0.15) is 0 Å². The molecular weight excluding hydrogens is 299 g/mol. The van der Waals surface area contributed by atoms with Gasteiger partial charge in [-0.25, -0.2) is 4.39 Å². The maximum absolute atomic E-state index is 13.9. The second-order valence-corrected chi connectivity index (χ2v) is 7.63. The van der Waals surface area contributed by atoms with Gasteiger partial charge in [-0.05, 0) is 55.1 Å². The predicted octanol–water partition coefficient (Wildman–Crippen LogP) is 7.06. The maximum atomic E-state index is 13.9. The summed E-state index contributed by atoms with van der Waals surface area (Å²) in [5.41, 5.74) is 0.657. The van der Waals surface area contributed by atoms with Gasteiger partial charge in [0.1, 0.15) is 5.83 Å². The van der Waals surface area contributed by atoms with Crippen LogP contribution in [0.4, 0.5) is 4.39 Å². The molecule has 0 radical (unpaired) electrons. The Morgan fingerprint density at radius 2 is 1.50 bits per heavy atom. The normalized spacial score (nSPS) is 17.0. The summed E-state index contributed by atoms with van der Waals surface area (Å²) in [7, 11) is 0. The standard InChI is InChI=1S/C22H37FO/c1-9-15(2)10-11-16(3)17(4)12-13-18(5)19(6)14-22(23)20(7)21(8)24/h14-18H,6-7,9-13H2,1-5,8H3/b22-14+. The molecule has 0 aliphatic rings.